The van der Waals surface area contributed by atoms with Gasteiger partial charge in [-0.3, -0.25) is 14.6 Å². The molecule has 0 bridgehead atoms. The van der Waals surface area contributed by atoms with Gasteiger partial charge in [0, 0.05) is 24.2 Å². The Kier molecular flexibility index (Phi) is 4.12. The molecule has 0 unspecified atom stereocenters. The fourth-order valence-electron chi connectivity index (χ4n) is 1.75. The molecule has 0 aliphatic carbocycles. The maximum Gasteiger partial charge on any atom is 0.303 e. The van der Waals surface area contributed by atoms with E-state index in [0.717, 1.165) is 24.5 Å². The number of benzene rings is 1. The van der Waals surface area contributed by atoms with Gasteiger partial charge in [-0.1, -0.05) is 0 Å². The highest BCUT2D eigenvalue weighted by Gasteiger charge is 2.09. The van der Waals surface area contributed by atoms with Gasteiger partial charge in [-0.05, 0) is 24.3 Å². The Balaban J connectivity index is 1.91. The number of nitrogens with one attached hydrogen (secondary N) is 2. The molecule has 1 amide bonds. The Labute approximate surface area is 110 Å². The average Bonchev–Trinajstić information content (AvgIpc) is 2.91. The SMILES string of the molecule is O=C(O)CCC(=O)Nc1ccc(C2=NCCN2)cc1. The van der Waals surface area contributed by atoms with Crippen molar-refractivity contribution in [3.05, 3.63) is 29.8 Å². The van der Waals surface area contributed by atoms with E-state index >= 15 is 0 Å². The number of carbonyl (C=O) groups excluding carboxylic acids is 1. The van der Waals surface area contributed by atoms with Crippen LogP contribution in [0, 0.1) is 0 Å². The van der Waals surface area contributed by atoms with Gasteiger partial charge >= 0.3 is 5.97 Å². The Morgan fingerprint density at radius 2 is 2.00 bits per heavy atom. The number of amidine groups is 1. The molecule has 0 fully saturated rings. The number of aliphatic imine (C=N–C) groups is 1. The molecule has 0 atom stereocenters. The minimum atomic E-state index is -0.976. The first-order valence-electron chi connectivity index (χ1n) is 6.05. The molecular weight excluding hydrogens is 246 g/mol. The third kappa shape index (κ3) is 3.80. The van der Waals surface area contributed by atoms with Gasteiger partial charge in [0.15, 0.2) is 0 Å². The minimum absolute atomic E-state index is 0.0225. The lowest BCUT2D eigenvalue weighted by molar-refractivity contribution is -0.138. The van der Waals surface area contributed by atoms with Crippen LogP contribution in [0.25, 0.3) is 0 Å². The van der Waals surface area contributed by atoms with E-state index in [9.17, 15) is 9.59 Å². The van der Waals surface area contributed by atoms with Crippen molar-refractivity contribution in [3.63, 3.8) is 0 Å². The van der Waals surface area contributed by atoms with Crippen LogP contribution in [0.5, 0.6) is 0 Å². The van der Waals surface area contributed by atoms with Crippen LogP contribution in [0.1, 0.15) is 18.4 Å². The van der Waals surface area contributed by atoms with E-state index in [2.05, 4.69) is 15.6 Å². The molecule has 1 aromatic carbocycles. The van der Waals surface area contributed by atoms with Gasteiger partial charge in [0.05, 0.1) is 13.0 Å². The Hall–Kier alpha value is -2.37. The molecule has 0 radical (unpaired) electrons. The van der Waals surface area contributed by atoms with Gasteiger partial charge in [-0.2, -0.15) is 0 Å². The molecule has 1 aliphatic heterocycles. The summed E-state index contributed by atoms with van der Waals surface area (Å²) >= 11 is 0. The van der Waals surface area contributed by atoms with Crippen LogP contribution in [-0.2, 0) is 9.59 Å². The minimum Gasteiger partial charge on any atom is -0.481 e. The fourth-order valence-corrected chi connectivity index (χ4v) is 1.75. The molecular formula is C13H15N3O3. The van der Waals surface area contributed by atoms with Gasteiger partial charge in [-0.25, -0.2) is 0 Å². The van der Waals surface area contributed by atoms with Crippen LogP contribution in [-0.4, -0.2) is 35.9 Å². The Morgan fingerprint density at radius 3 is 2.58 bits per heavy atom. The summed E-state index contributed by atoms with van der Waals surface area (Å²) in [5.74, 6) is -0.411. The summed E-state index contributed by atoms with van der Waals surface area (Å²) in [6.07, 6.45) is -0.185. The van der Waals surface area contributed by atoms with E-state index in [1.165, 1.54) is 0 Å². The first kappa shape index (κ1) is 13.1. The van der Waals surface area contributed by atoms with Gasteiger partial charge < -0.3 is 15.7 Å². The number of hydrogen-bond acceptors (Lipinski definition) is 4. The molecule has 3 N–H and O–H groups in total. The van der Waals surface area contributed by atoms with E-state index < -0.39 is 5.97 Å². The molecule has 19 heavy (non-hydrogen) atoms. The summed E-state index contributed by atoms with van der Waals surface area (Å²) in [6, 6.07) is 7.28. The van der Waals surface area contributed by atoms with Crippen molar-refractivity contribution in [2.45, 2.75) is 12.8 Å². The summed E-state index contributed by atoms with van der Waals surface area (Å²) < 4.78 is 0. The molecule has 6 heteroatoms. The number of carboxylic acid groups (broad SMARTS) is 1. The third-order valence-corrected chi connectivity index (χ3v) is 2.68. The van der Waals surface area contributed by atoms with E-state index in [1.54, 1.807) is 12.1 Å². The fraction of sp³-hybridized carbons (Fsp3) is 0.308. The summed E-state index contributed by atoms with van der Waals surface area (Å²) in [6.45, 7) is 1.63. The van der Waals surface area contributed by atoms with Crippen molar-refractivity contribution >= 4 is 23.4 Å². The topological polar surface area (TPSA) is 90.8 Å². The van der Waals surface area contributed by atoms with E-state index in [1.807, 2.05) is 12.1 Å². The first-order chi connectivity index (χ1) is 9.15. The predicted molar refractivity (Wildman–Crippen MR) is 71.3 cm³/mol. The largest absolute Gasteiger partial charge is 0.481 e. The van der Waals surface area contributed by atoms with E-state index in [-0.39, 0.29) is 18.7 Å². The Bertz CT molecular complexity index is 508. The zero-order valence-electron chi connectivity index (χ0n) is 10.3. The monoisotopic (exact) mass is 261 g/mol. The number of amides is 1. The van der Waals surface area contributed by atoms with Crippen LogP contribution in [0.15, 0.2) is 29.3 Å². The third-order valence-electron chi connectivity index (χ3n) is 2.68. The highest BCUT2D eigenvalue weighted by molar-refractivity contribution is 6.00. The maximum absolute atomic E-state index is 11.4. The lowest BCUT2D eigenvalue weighted by Crippen LogP contribution is -2.19. The molecule has 1 aromatic rings. The predicted octanol–water partition coefficient (Wildman–Crippen LogP) is 0.840. The molecule has 1 aliphatic rings. The number of carbonyl (C=O) groups is 2. The van der Waals surface area contributed by atoms with Crippen molar-refractivity contribution in [3.8, 4) is 0 Å². The average molecular weight is 261 g/mol. The molecule has 100 valence electrons. The summed E-state index contributed by atoms with van der Waals surface area (Å²) in [5.41, 5.74) is 1.62. The quantitative estimate of drug-likeness (QED) is 0.732. The molecule has 6 nitrogen and oxygen atoms in total. The van der Waals surface area contributed by atoms with Gasteiger partial charge in [0.1, 0.15) is 5.84 Å². The van der Waals surface area contributed by atoms with Crippen molar-refractivity contribution in [1.29, 1.82) is 0 Å². The Morgan fingerprint density at radius 1 is 1.26 bits per heavy atom. The number of hydrogen-bond donors (Lipinski definition) is 3. The number of rotatable bonds is 5. The normalized spacial score (nSPS) is 13.6. The van der Waals surface area contributed by atoms with Crippen molar-refractivity contribution in [2.24, 2.45) is 4.99 Å². The number of nitrogens with zero attached hydrogens (tertiary/aromatic N) is 1. The van der Waals surface area contributed by atoms with Crippen molar-refractivity contribution in [2.75, 3.05) is 18.4 Å². The highest BCUT2D eigenvalue weighted by Crippen LogP contribution is 2.11. The molecule has 0 aromatic heterocycles. The van der Waals surface area contributed by atoms with Crippen LogP contribution < -0.4 is 10.6 Å². The second-order valence-electron chi connectivity index (χ2n) is 4.18. The van der Waals surface area contributed by atoms with Gasteiger partial charge in [0.2, 0.25) is 5.91 Å². The maximum atomic E-state index is 11.4. The van der Waals surface area contributed by atoms with E-state index in [0.29, 0.717) is 5.69 Å². The van der Waals surface area contributed by atoms with Crippen LogP contribution in [0.2, 0.25) is 0 Å². The lowest BCUT2D eigenvalue weighted by atomic mass is 10.2. The molecule has 1 heterocycles. The number of aliphatic carboxylic acids is 1. The lowest BCUT2D eigenvalue weighted by Gasteiger charge is -2.06. The summed E-state index contributed by atoms with van der Waals surface area (Å²) in [7, 11) is 0. The number of carboxylic acids is 1. The van der Waals surface area contributed by atoms with Crippen LogP contribution in [0.3, 0.4) is 0 Å². The van der Waals surface area contributed by atoms with Crippen molar-refractivity contribution in [1.82, 2.24) is 5.32 Å². The smallest absolute Gasteiger partial charge is 0.303 e. The molecule has 0 spiro atoms. The highest BCUT2D eigenvalue weighted by atomic mass is 16.4. The first-order valence-corrected chi connectivity index (χ1v) is 6.05. The molecule has 0 saturated carbocycles. The second kappa shape index (κ2) is 5.99. The molecule has 0 saturated heterocycles. The second-order valence-corrected chi connectivity index (χ2v) is 4.18. The summed E-state index contributed by atoms with van der Waals surface area (Å²) in [5, 5.41) is 14.3. The van der Waals surface area contributed by atoms with E-state index in [4.69, 9.17) is 5.11 Å². The van der Waals surface area contributed by atoms with Gasteiger partial charge in [-0.15, -0.1) is 0 Å². The van der Waals surface area contributed by atoms with Gasteiger partial charge in [0.25, 0.3) is 0 Å². The van der Waals surface area contributed by atoms with Crippen LogP contribution in [0.4, 0.5) is 5.69 Å². The van der Waals surface area contributed by atoms with Crippen molar-refractivity contribution < 1.29 is 14.7 Å². The number of anilines is 1. The molecule has 2 rings (SSSR count). The van der Waals surface area contributed by atoms with Crippen LogP contribution >= 0.6 is 0 Å². The summed E-state index contributed by atoms with van der Waals surface area (Å²) in [4.78, 5) is 26.1. The zero-order valence-corrected chi connectivity index (χ0v) is 10.3. The zero-order chi connectivity index (χ0) is 13.7. The standard InChI is InChI=1S/C13H15N3O3/c17-11(5-6-12(18)19)16-10-3-1-9(2-4-10)13-14-7-8-15-13/h1-4H,5-8H2,(H,14,15)(H,16,17)(H,18,19).